The van der Waals surface area contributed by atoms with E-state index in [0.717, 1.165) is 37.1 Å². The van der Waals surface area contributed by atoms with Gasteiger partial charge < -0.3 is 10.2 Å². The number of likely N-dealkylation sites (tertiary alicyclic amines) is 1. The standard InChI is InChI=1S/C21H26N2O2S/c1-16(11-12-17-7-3-2-4-8-17)22-20(24)18-9-5-13-23(15-18)21(25)19-10-6-14-26-19/h2-4,6-8,10,14,16,18H,5,9,11-13,15H2,1H3,(H,22,24)/t16-,18+/m1/s1. The highest BCUT2D eigenvalue weighted by molar-refractivity contribution is 7.12. The Hall–Kier alpha value is -2.14. The normalized spacial score (nSPS) is 18.3. The molecule has 1 fully saturated rings. The zero-order valence-corrected chi connectivity index (χ0v) is 16.0. The fourth-order valence-electron chi connectivity index (χ4n) is 3.39. The number of carbonyl (C=O) groups is 2. The van der Waals surface area contributed by atoms with Crippen LogP contribution in [0.1, 0.15) is 41.4 Å². The molecule has 1 saturated heterocycles. The van der Waals surface area contributed by atoms with Crippen molar-refractivity contribution in [3.8, 4) is 0 Å². The maximum Gasteiger partial charge on any atom is 0.263 e. The van der Waals surface area contributed by atoms with Crippen LogP contribution < -0.4 is 5.32 Å². The van der Waals surface area contributed by atoms with Gasteiger partial charge in [-0.05, 0) is 49.6 Å². The van der Waals surface area contributed by atoms with Crippen molar-refractivity contribution in [3.05, 3.63) is 58.3 Å². The van der Waals surface area contributed by atoms with Gasteiger partial charge >= 0.3 is 0 Å². The number of nitrogens with zero attached hydrogens (tertiary/aromatic N) is 1. The number of rotatable bonds is 6. The van der Waals surface area contributed by atoms with Crippen LogP contribution >= 0.6 is 11.3 Å². The Labute approximate surface area is 159 Å². The molecule has 0 bridgehead atoms. The van der Waals surface area contributed by atoms with Gasteiger partial charge in [-0.2, -0.15) is 0 Å². The number of hydrogen-bond donors (Lipinski definition) is 1. The van der Waals surface area contributed by atoms with Gasteiger partial charge in [0.15, 0.2) is 0 Å². The highest BCUT2D eigenvalue weighted by Gasteiger charge is 2.29. The molecule has 0 unspecified atom stereocenters. The van der Waals surface area contributed by atoms with Crippen molar-refractivity contribution in [2.45, 2.75) is 38.6 Å². The minimum atomic E-state index is -0.105. The minimum absolute atomic E-state index is 0.0506. The lowest BCUT2D eigenvalue weighted by Crippen LogP contribution is -2.47. The number of benzene rings is 1. The Morgan fingerprint density at radius 3 is 2.77 bits per heavy atom. The number of thiophene rings is 1. The van der Waals surface area contributed by atoms with Crippen LogP contribution in [0.4, 0.5) is 0 Å². The van der Waals surface area contributed by atoms with Gasteiger partial charge in [0, 0.05) is 19.1 Å². The lowest BCUT2D eigenvalue weighted by atomic mass is 9.96. The van der Waals surface area contributed by atoms with Crippen molar-refractivity contribution in [1.82, 2.24) is 10.2 Å². The van der Waals surface area contributed by atoms with Crippen LogP contribution in [-0.2, 0) is 11.2 Å². The van der Waals surface area contributed by atoms with E-state index in [9.17, 15) is 9.59 Å². The number of amides is 2. The van der Waals surface area contributed by atoms with Gasteiger partial charge in [0.25, 0.3) is 5.91 Å². The molecule has 1 aliphatic rings. The second kappa shape index (κ2) is 8.99. The Balaban J connectivity index is 1.48. The van der Waals surface area contributed by atoms with Crippen molar-refractivity contribution in [1.29, 1.82) is 0 Å². The van der Waals surface area contributed by atoms with Gasteiger partial charge in [0.2, 0.25) is 5.91 Å². The summed E-state index contributed by atoms with van der Waals surface area (Å²) in [7, 11) is 0. The van der Waals surface area contributed by atoms with E-state index >= 15 is 0 Å². The molecule has 2 heterocycles. The SMILES string of the molecule is C[C@H](CCc1ccccc1)NC(=O)[C@H]1CCCN(C(=O)c2cccs2)C1. The Kier molecular flexibility index (Phi) is 6.45. The largest absolute Gasteiger partial charge is 0.353 e. The van der Waals surface area contributed by atoms with Crippen molar-refractivity contribution in [2.24, 2.45) is 5.92 Å². The maximum absolute atomic E-state index is 12.6. The third-order valence-electron chi connectivity index (χ3n) is 4.91. The number of nitrogens with one attached hydrogen (secondary N) is 1. The van der Waals surface area contributed by atoms with E-state index in [1.165, 1.54) is 16.9 Å². The Morgan fingerprint density at radius 2 is 2.04 bits per heavy atom. The van der Waals surface area contributed by atoms with Crippen LogP contribution in [0.15, 0.2) is 47.8 Å². The molecule has 0 saturated carbocycles. The molecule has 3 rings (SSSR count). The molecule has 1 aromatic carbocycles. The third kappa shape index (κ3) is 4.94. The molecule has 26 heavy (non-hydrogen) atoms. The fraction of sp³-hybridized carbons (Fsp3) is 0.429. The van der Waals surface area contributed by atoms with E-state index < -0.39 is 0 Å². The van der Waals surface area contributed by atoms with Crippen LogP contribution in [0.5, 0.6) is 0 Å². The Bertz CT molecular complexity index is 715. The van der Waals surface area contributed by atoms with E-state index in [4.69, 9.17) is 0 Å². The summed E-state index contributed by atoms with van der Waals surface area (Å²) in [5.74, 6) is 0.0238. The summed E-state index contributed by atoms with van der Waals surface area (Å²) in [5, 5.41) is 5.05. The molecular weight excluding hydrogens is 344 g/mol. The van der Waals surface area contributed by atoms with Crippen LogP contribution in [0, 0.1) is 5.92 Å². The van der Waals surface area contributed by atoms with Crippen LogP contribution in [0.3, 0.4) is 0 Å². The molecule has 2 atom stereocenters. The summed E-state index contributed by atoms with van der Waals surface area (Å²) in [4.78, 5) is 27.7. The first-order valence-electron chi connectivity index (χ1n) is 9.30. The van der Waals surface area contributed by atoms with Gasteiger partial charge in [-0.25, -0.2) is 0 Å². The predicted octanol–water partition coefficient (Wildman–Crippen LogP) is 3.74. The van der Waals surface area contributed by atoms with E-state index in [2.05, 4.69) is 24.4 Å². The molecule has 4 nitrogen and oxygen atoms in total. The molecule has 5 heteroatoms. The molecule has 2 amide bonds. The lowest BCUT2D eigenvalue weighted by molar-refractivity contribution is -0.127. The maximum atomic E-state index is 12.6. The second-order valence-electron chi connectivity index (χ2n) is 7.00. The van der Waals surface area contributed by atoms with E-state index in [1.54, 1.807) is 0 Å². The first kappa shape index (κ1) is 18.6. The monoisotopic (exact) mass is 370 g/mol. The molecule has 138 valence electrons. The summed E-state index contributed by atoms with van der Waals surface area (Å²) < 4.78 is 0. The van der Waals surface area contributed by atoms with Gasteiger partial charge in [-0.3, -0.25) is 9.59 Å². The van der Waals surface area contributed by atoms with Crippen molar-refractivity contribution in [2.75, 3.05) is 13.1 Å². The van der Waals surface area contributed by atoms with Crippen LogP contribution in [0.25, 0.3) is 0 Å². The lowest BCUT2D eigenvalue weighted by Gasteiger charge is -2.32. The molecule has 1 aliphatic heterocycles. The summed E-state index contributed by atoms with van der Waals surface area (Å²) in [6, 6.07) is 14.2. The van der Waals surface area contributed by atoms with Gasteiger partial charge in [-0.15, -0.1) is 11.3 Å². The first-order valence-corrected chi connectivity index (χ1v) is 10.2. The van der Waals surface area contributed by atoms with Crippen molar-refractivity contribution >= 4 is 23.2 Å². The quantitative estimate of drug-likeness (QED) is 0.842. The van der Waals surface area contributed by atoms with Crippen molar-refractivity contribution in [3.63, 3.8) is 0 Å². The first-order chi connectivity index (χ1) is 12.6. The zero-order valence-electron chi connectivity index (χ0n) is 15.2. The molecule has 2 aromatic rings. The topological polar surface area (TPSA) is 49.4 Å². The van der Waals surface area contributed by atoms with Gasteiger partial charge in [-0.1, -0.05) is 36.4 Å². The average Bonchev–Trinajstić information content (AvgIpc) is 3.21. The van der Waals surface area contributed by atoms with E-state index in [0.29, 0.717) is 6.54 Å². The highest BCUT2D eigenvalue weighted by atomic mass is 32.1. The van der Waals surface area contributed by atoms with E-state index in [1.807, 2.05) is 40.6 Å². The molecule has 1 aromatic heterocycles. The molecule has 0 aliphatic carbocycles. The predicted molar refractivity (Wildman–Crippen MR) is 105 cm³/mol. The third-order valence-corrected chi connectivity index (χ3v) is 5.77. The smallest absolute Gasteiger partial charge is 0.263 e. The highest BCUT2D eigenvalue weighted by Crippen LogP contribution is 2.21. The second-order valence-corrected chi connectivity index (χ2v) is 7.95. The number of carbonyl (C=O) groups excluding carboxylic acids is 2. The molecular formula is C21H26N2O2S. The molecule has 1 N–H and O–H groups in total. The zero-order chi connectivity index (χ0) is 18.4. The summed E-state index contributed by atoms with van der Waals surface area (Å²) in [6.07, 6.45) is 3.61. The number of piperidine rings is 1. The average molecular weight is 371 g/mol. The summed E-state index contributed by atoms with van der Waals surface area (Å²) >= 11 is 1.46. The number of hydrogen-bond acceptors (Lipinski definition) is 3. The fourth-order valence-corrected chi connectivity index (χ4v) is 4.08. The molecule has 0 spiro atoms. The van der Waals surface area contributed by atoms with Crippen molar-refractivity contribution < 1.29 is 9.59 Å². The Morgan fingerprint density at radius 1 is 1.23 bits per heavy atom. The van der Waals surface area contributed by atoms with Gasteiger partial charge in [0.05, 0.1) is 10.8 Å². The summed E-state index contributed by atoms with van der Waals surface area (Å²) in [5.41, 5.74) is 1.29. The number of aryl methyl sites for hydroxylation is 1. The molecule has 0 radical (unpaired) electrons. The van der Waals surface area contributed by atoms with Crippen LogP contribution in [-0.4, -0.2) is 35.8 Å². The minimum Gasteiger partial charge on any atom is -0.353 e. The van der Waals surface area contributed by atoms with Crippen LogP contribution in [0.2, 0.25) is 0 Å². The summed E-state index contributed by atoms with van der Waals surface area (Å²) in [6.45, 7) is 3.32. The van der Waals surface area contributed by atoms with Gasteiger partial charge in [0.1, 0.15) is 0 Å². The van der Waals surface area contributed by atoms with E-state index in [-0.39, 0.29) is 23.8 Å².